The van der Waals surface area contributed by atoms with E-state index in [1.165, 1.54) is 11.3 Å². The van der Waals surface area contributed by atoms with E-state index < -0.39 is 0 Å². The van der Waals surface area contributed by atoms with Gasteiger partial charge in [-0.15, -0.1) is 11.3 Å². The standard InChI is InChI=1S/C31H35N5O4S/c1-20-16-36(17-22-11-13-32-14-12-22)21(2)19-40-26-15-23(9-10-24(26)31(38)35(3)18-27(20)39-4)33-29(37)30-34-25-7-5-6-8-28(25)41-30/h5-15,20-21,27H,16-19H2,1-4H3,(H,33,37)/t20-,21-,27-/m0/s1. The molecule has 2 amide bonds. The largest absolute Gasteiger partial charge is 0.491 e. The summed E-state index contributed by atoms with van der Waals surface area (Å²) in [6.07, 6.45) is 3.46. The summed E-state index contributed by atoms with van der Waals surface area (Å²) in [6, 6.07) is 16.9. The number of carbonyl (C=O) groups is 2. The molecule has 0 bridgehead atoms. The number of nitrogens with one attached hydrogen (secondary N) is 1. The molecule has 1 N–H and O–H groups in total. The predicted molar refractivity (Wildman–Crippen MR) is 161 cm³/mol. The summed E-state index contributed by atoms with van der Waals surface area (Å²) in [5.41, 5.74) is 2.90. The van der Waals surface area contributed by atoms with Crippen molar-refractivity contribution in [1.29, 1.82) is 0 Å². The molecular weight excluding hydrogens is 538 g/mol. The Morgan fingerprint density at radius 1 is 1.12 bits per heavy atom. The fourth-order valence-corrected chi connectivity index (χ4v) is 5.88. The van der Waals surface area contributed by atoms with Crippen molar-refractivity contribution in [1.82, 2.24) is 19.8 Å². The van der Waals surface area contributed by atoms with Crippen LogP contribution in [0.3, 0.4) is 0 Å². The van der Waals surface area contributed by atoms with Gasteiger partial charge in [-0.25, -0.2) is 4.98 Å². The van der Waals surface area contributed by atoms with Crippen LogP contribution in [0.15, 0.2) is 67.0 Å². The summed E-state index contributed by atoms with van der Waals surface area (Å²) in [5.74, 6) is 0.109. The van der Waals surface area contributed by atoms with Crippen molar-refractivity contribution >= 4 is 39.1 Å². The highest BCUT2D eigenvalue weighted by atomic mass is 32.1. The lowest BCUT2D eigenvalue weighted by molar-refractivity contribution is 0.00921. The monoisotopic (exact) mass is 573 g/mol. The fraction of sp³-hybridized carbons (Fsp3) is 0.355. The number of thiazole rings is 1. The van der Waals surface area contributed by atoms with Gasteiger partial charge in [0, 0.05) is 64.0 Å². The molecule has 0 spiro atoms. The van der Waals surface area contributed by atoms with Gasteiger partial charge in [0.1, 0.15) is 12.4 Å². The van der Waals surface area contributed by atoms with Crippen molar-refractivity contribution in [3.63, 3.8) is 0 Å². The third-order valence-electron chi connectivity index (χ3n) is 7.46. The Labute approximate surface area is 244 Å². The number of ether oxygens (including phenoxy) is 2. The zero-order valence-corrected chi connectivity index (χ0v) is 24.6. The zero-order valence-electron chi connectivity index (χ0n) is 23.7. The van der Waals surface area contributed by atoms with Crippen LogP contribution in [0.4, 0.5) is 5.69 Å². The molecule has 2 aromatic heterocycles. The predicted octanol–water partition coefficient (Wildman–Crippen LogP) is 4.95. The highest BCUT2D eigenvalue weighted by Crippen LogP contribution is 2.28. The first kappa shape index (κ1) is 28.7. The maximum absolute atomic E-state index is 13.5. The van der Waals surface area contributed by atoms with E-state index in [0.29, 0.717) is 35.2 Å². The Morgan fingerprint density at radius 2 is 1.90 bits per heavy atom. The molecule has 10 heteroatoms. The molecule has 0 unspecified atom stereocenters. The molecule has 0 saturated heterocycles. The average Bonchev–Trinajstić information content (AvgIpc) is 3.43. The van der Waals surface area contributed by atoms with Crippen molar-refractivity contribution in [2.75, 3.05) is 39.2 Å². The van der Waals surface area contributed by atoms with E-state index >= 15 is 0 Å². The van der Waals surface area contributed by atoms with E-state index in [0.717, 1.165) is 28.9 Å². The van der Waals surface area contributed by atoms with Crippen LogP contribution >= 0.6 is 11.3 Å². The molecule has 0 aliphatic carbocycles. The number of likely N-dealkylation sites (N-methyl/N-ethyl adjacent to an activating group) is 1. The summed E-state index contributed by atoms with van der Waals surface area (Å²) >= 11 is 1.34. The molecule has 3 atom stereocenters. The van der Waals surface area contributed by atoms with E-state index in [2.05, 4.69) is 34.0 Å². The summed E-state index contributed by atoms with van der Waals surface area (Å²) in [6.45, 7) is 6.55. The topological polar surface area (TPSA) is 96.9 Å². The number of hydrogen-bond acceptors (Lipinski definition) is 8. The number of para-hydroxylation sites is 1. The van der Waals surface area contributed by atoms with Crippen LogP contribution in [-0.4, -0.2) is 77.6 Å². The lowest BCUT2D eigenvalue weighted by Gasteiger charge is -2.36. The number of anilines is 1. The van der Waals surface area contributed by atoms with Gasteiger partial charge in [0.25, 0.3) is 11.8 Å². The van der Waals surface area contributed by atoms with Crippen LogP contribution < -0.4 is 10.1 Å². The number of amides is 2. The molecule has 2 aromatic carbocycles. The molecule has 3 heterocycles. The maximum atomic E-state index is 13.5. The van der Waals surface area contributed by atoms with Gasteiger partial charge in [-0.05, 0) is 54.8 Å². The van der Waals surface area contributed by atoms with Crippen LogP contribution in [0.2, 0.25) is 0 Å². The molecule has 1 aliphatic rings. The van der Waals surface area contributed by atoms with Gasteiger partial charge in [0.2, 0.25) is 0 Å². The van der Waals surface area contributed by atoms with Gasteiger partial charge >= 0.3 is 0 Å². The van der Waals surface area contributed by atoms with Crippen molar-refractivity contribution < 1.29 is 19.1 Å². The Kier molecular flexibility index (Phi) is 8.92. The third kappa shape index (κ3) is 6.73. The van der Waals surface area contributed by atoms with Crippen molar-refractivity contribution in [2.24, 2.45) is 5.92 Å². The number of hydrogen-bond donors (Lipinski definition) is 1. The lowest BCUT2D eigenvalue weighted by Crippen LogP contribution is -2.46. The van der Waals surface area contributed by atoms with Crippen LogP contribution in [0.1, 0.15) is 39.6 Å². The molecule has 0 saturated carbocycles. The highest BCUT2D eigenvalue weighted by Gasteiger charge is 2.28. The van der Waals surface area contributed by atoms with Crippen molar-refractivity contribution in [2.45, 2.75) is 32.5 Å². The van der Waals surface area contributed by atoms with Crippen LogP contribution in [-0.2, 0) is 11.3 Å². The Balaban J connectivity index is 1.42. The number of rotatable bonds is 5. The molecule has 0 radical (unpaired) electrons. The molecule has 9 nitrogen and oxygen atoms in total. The molecular formula is C31H35N5O4S. The maximum Gasteiger partial charge on any atom is 0.284 e. The second-order valence-corrected chi connectivity index (χ2v) is 11.6. The van der Waals surface area contributed by atoms with E-state index in [9.17, 15) is 9.59 Å². The molecule has 4 aromatic rings. The quantitative estimate of drug-likeness (QED) is 0.361. The first-order valence-corrected chi connectivity index (χ1v) is 14.5. The van der Waals surface area contributed by atoms with Crippen LogP contribution in [0, 0.1) is 5.92 Å². The SMILES string of the molecule is CO[C@H]1CN(C)C(=O)c2ccc(NC(=O)c3nc4ccccc4s3)cc2OC[C@H](C)N(Cc2ccncc2)C[C@@H]1C. The average molecular weight is 574 g/mol. The normalized spacial score (nSPS) is 20.5. The van der Waals surface area contributed by atoms with E-state index in [4.69, 9.17) is 9.47 Å². The number of carbonyl (C=O) groups excluding carboxylic acids is 2. The van der Waals surface area contributed by atoms with Gasteiger partial charge < -0.3 is 19.7 Å². The van der Waals surface area contributed by atoms with E-state index in [1.807, 2.05) is 36.4 Å². The summed E-state index contributed by atoms with van der Waals surface area (Å²) in [5, 5.41) is 3.30. The summed E-state index contributed by atoms with van der Waals surface area (Å²) in [4.78, 5) is 39.2. The number of aromatic nitrogens is 2. The smallest absolute Gasteiger partial charge is 0.284 e. The van der Waals surface area contributed by atoms with Crippen LogP contribution in [0.5, 0.6) is 5.75 Å². The summed E-state index contributed by atoms with van der Waals surface area (Å²) in [7, 11) is 3.47. The second kappa shape index (κ2) is 12.8. The molecule has 5 rings (SSSR count). The van der Waals surface area contributed by atoms with E-state index in [1.54, 1.807) is 49.7 Å². The van der Waals surface area contributed by atoms with Gasteiger partial charge in [-0.2, -0.15) is 0 Å². The van der Waals surface area contributed by atoms with Gasteiger partial charge in [0.15, 0.2) is 5.01 Å². The van der Waals surface area contributed by atoms with E-state index in [-0.39, 0.29) is 29.9 Å². The zero-order chi connectivity index (χ0) is 28.9. The number of benzene rings is 2. The molecule has 1 aliphatic heterocycles. The fourth-order valence-electron chi connectivity index (χ4n) is 5.02. The second-order valence-electron chi connectivity index (χ2n) is 10.5. The molecule has 214 valence electrons. The minimum Gasteiger partial charge on any atom is -0.491 e. The Bertz CT molecular complexity index is 1480. The lowest BCUT2D eigenvalue weighted by atomic mass is 10.0. The molecule has 41 heavy (non-hydrogen) atoms. The first-order valence-electron chi connectivity index (χ1n) is 13.7. The summed E-state index contributed by atoms with van der Waals surface area (Å²) < 4.78 is 13.1. The number of fused-ring (bicyclic) bond motifs is 2. The third-order valence-corrected chi connectivity index (χ3v) is 8.49. The van der Waals surface area contributed by atoms with Crippen molar-refractivity contribution in [3.8, 4) is 5.75 Å². The highest BCUT2D eigenvalue weighted by molar-refractivity contribution is 7.20. The minimum absolute atomic E-state index is 0.0317. The van der Waals surface area contributed by atoms with Gasteiger partial charge in [-0.1, -0.05) is 19.1 Å². The first-order chi connectivity index (χ1) is 19.8. The van der Waals surface area contributed by atoms with Crippen LogP contribution in [0.25, 0.3) is 10.2 Å². The Hall–Kier alpha value is -3.86. The minimum atomic E-state index is -0.309. The van der Waals surface area contributed by atoms with Gasteiger partial charge in [0.05, 0.1) is 21.9 Å². The van der Waals surface area contributed by atoms with Crippen molar-refractivity contribution in [3.05, 3.63) is 83.1 Å². The number of nitrogens with zero attached hydrogens (tertiary/aromatic N) is 4. The number of pyridine rings is 1. The molecule has 0 fully saturated rings. The Morgan fingerprint density at radius 3 is 2.66 bits per heavy atom. The number of methoxy groups -OCH3 is 1. The van der Waals surface area contributed by atoms with Gasteiger partial charge in [-0.3, -0.25) is 19.5 Å².